The zero-order valence-electron chi connectivity index (χ0n) is 43.9. The van der Waals surface area contributed by atoms with Crippen molar-refractivity contribution in [3.05, 3.63) is 39.9 Å². The van der Waals surface area contributed by atoms with Gasteiger partial charge in [-0.05, 0) is 92.1 Å². The third-order valence-corrected chi connectivity index (χ3v) is 15.8. The van der Waals surface area contributed by atoms with Crippen molar-refractivity contribution < 1.29 is 62.4 Å². The van der Waals surface area contributed by atoms with E-state index in [0.717, 1.165) is 51.6 Å². The topological polar surface area (TPSA) is 263 Å². The number of ether oxygens (including phenoxy) is 2. The lowest BCUT2D eigenvalue weighted by Crippen LogP contribution is -2.67. The Bertz CT molecular complexity index is 1750. The number of nitro groups is 1. The Balaban J connectivity index is 0.000000461. The maximum Gasteiger partial charge on any atom is 0.273 e. The number of aliphatic hydroxyl groups is 6. The van der Waals surface area contributed by atoms with Crippen LogP contribution in [0.2, 0.25) is 0 Å². The van der Waals surface area contributed by atoms with Crippen LogP contribution < -0.4 is 16.0 Å². The van der Waals surface area contributed by atoms with Gasteiger partial charge in [0, 0.05) is 80.2 Å². The number of nitro benzene ring substituents is 1. The number of aliphatic hydroxyl groups excluding tert-OH is 6. The van der Waals surface area contributed by atoms with Crippen LogP contribution in [0.4, 0.5) is 13.5 Å². The molecule has 418 valence electrons. The molecule has 1 aromatic carbocycles. The molecule has 0 aromatic heterocycles. The Kier molecular flexibility index (Phi) is 30.9. The van der Waals surface area contributed by atoms with E-state index in [2.05, 4.69) is 34.7 Å². The summed E-state index contributed by atoms with van der Waals surface area (Å²) in [4.78, 5) is 43.7. The molecule has 0 spiro atoms. The number of amides is 2. The predicted octanol–water partition coefficient (Wildman–Crippen LogP) is 3.03. The first kappa shape index (κ1) is 66.5. The van der Waals surface area contributed by atoms with Gasteiger partial charge in [0.05, 0.1) is 29.1 Å². The van der Waals surface area contributed by atoms with Gasteiger partial charge in [0.1, 0.15) is 59.7 Å². The summed E-state index contributed by atoms with van der Waals surface area (Å²) in [5.74, 6) is 0.650. The first-order valence-corrected chi connectivity index (χ1v) is 29.3. The number of nitrogens with zero attached hydrogens (tertiary/aromatic N) is 4. The lowest BCUT2D eigenvalue weighted by atomic mass is 9.90. The molecule has 4 fully saturated rings. The van der Waals surface area contributed by atoms with Gasteiger partial charge in [-0.15, -0.1) is 23.5 Å². The summed E-state index contributed by atoms with van der Waals surface area (Å²) in [5, 5.41) is 83.7. The van der Waals surface area contributed by atoms with E-state index in [9.17, 15) is 58.1 Å². The van der Waals surface area contributed by atoms with Crippen LogP contribution in [0.3, 0.4) is 0 Å². The van der Waals surface area contributed by atoms with Crippen LogP contribution in [0.25, 0.3) is 0 Å². The van der Waals surface area contributed by atoms with Crippen LogP contribution >= 0.6 is 47.8 Å². The molecule has 1 aromatic rings. The van der Waals surface area contributed by atoms with Gasteiger partial charge in [0.2, 0.25) is 11.8 Å². The minimum Gasteiger partial charge on any atom is -0.388 e. The van der Waals surface area contributed by atoms with E-state index in [-0.39, 0.29) is 66.5 Å². The van der Waals surface area contributed by atoms with E-state index in [1.807, 2.05) is 37.7 Å². The smallest absolute Gasteiger partial charge is 0.273 e. The van der Waals surface area contributed by atoms with Gasteiger partial charge in [0.25, 0.3) is 5.69 Å². The normalized spacial score (nSPS) is 32.4. The van der Waals surface area contributed by atoms with Gasteiger partial charge in [-0.1, -0.05) is 44.9 Å². The van der Waals surface area contributed by atoms with Crippen LogP contribution in [-0.2, 0) is 25.6 Å². The fourth-order valence-electron chi connectivity index (χ4n) is 9.97. The molecule has 25 heteroatoms. The highest BCUT2D eigenvalue weighted by atomic mass is 32.2. The molecular formula is C47H85F2N7O12S4. The fourth-order valence-corrected chi connectivity index (χ4v) is 11.3. The van der Waals surface area contributed by atoms with Crippen molar-refractivity contribution in [1.82, 2.24) is 30.7 Å². The highest BCUT2D eigenvalue weighted by molar-refractivity contribution is 7.99. The lowest BCUT2D eigenvalue weighted by molar-refractivity contribution is -0.385. The van der Waals surface area contributed by atoms with Gasteiger partial charge in [-0.2, -0.15) is 7.77 Å². The SMILES string of the molecule is CCC[C@@H]1C[C@@H](C(=O)N[C@@H]([C@H]2OC(SC)[C@H](O)[C@H](O)C2O)[C@H](C)N(C)Cc2ccccc2[N+](=O)[O-])N(C)C1.CCC[C@@H]1C[C@@H](C(=O)N[C@H]([C@H](C)NC)[C@H]2OC(SC)[C@H](O)[C@H](O)C2O)N(C)C1.CSF.CSF. The van der Waals surface area contributed by atoms with Crippen LogP contribution in [-0.4, -0.2) is 224 Å². The van der Waals surface area contributed by atoms with Crippen LogP contribution in [0.15, 0.2) is 24.3 Å². The third-order valence-electron chi connectivity index (χ3n) is 14.1. The third kappa shape index (κ3) is 18.5. The van der Waals surface area contributed by atoms with Gasteiger partial charge >= 0.3 is 0 Å². The van der Waals surface area contributed by atoms with Crippen molar-refractivity contribution in [2.45, 2.75) is 169 Å². The second kappa shape index (κ2) is 33.5. The molecule has 9 N–H and O–H groups in total. The Morgan fingerprint density at radius 3 is 1.56 bits per heavy atom. The molecule has 2 amide bonds. The van der Waals surface area contributed by atoms with Gasteiger partial charge in [-0.3, -0.25) is 34.4 Å². The molecule has 0 radical (unpaired) electrons. The molecule has 4 aliphatic heterocycles. The molecule has 72 heavy (non-hydrogen) atoms. The highest BCUT2D eigenvalue weighted by Gasteiger charge is 2.51. The fraction of sp³-hybridized carbons (Fsp3) is 0.830. The Morgan fingerprint density at radius 2 is 1.17 bits per heavy atom. The molecule has 19 nitrogen and oxygen atoms in total. The largest absolute Gasteiger partial charge is 0.388 e. The summed E-state index contributed by atoms with van der Waals surface area (Å²) >= 11 is 2.97. The van der Waals surface area contributed by atoms with Crippen molar-refractivity contribution >= 4 is 65.3 Å². The van der Waals surface area contributed by atoms with E-state index < -0.39 is 82.8 Å². The Morgan fingerprint density at radius 1 is 0.764 bits per heavy atom. The Labute approximate surface area is 443 Å². The van der Waals surface area contributed by atoms with E-state index in [4.69, 9.17) is 9.47 Å². The van der Waals surface area contributed by atoms with E-state index in [0.29, 0.717) is 17.4 Å². The molecular weight excluding hydrogens is 1020 g/mol. The van der Waals surface area contributed by atoms with Crippen molar-refractivity contribution in [3.63, 3.8) is 0 Å². The summed E-state index contributed by atoms with van der Waals surface area (Å²) in [6.45, 7) is 9.96. The first-order valence-electron chi connectivity index (χ1n) is 24.4. The van der Waals surface area contributed by atoms with E-state index in [1.54, 1.807) is 44.8 Å². The van der Waals surface area contributed by atoms with Crippen molar-refractivity contribution in [3.8, 4) is 0 Å². The molecule has 4 unspecified atom stereocenters. The zero-order valence-corrected chi connectivity index (χ0v) is 47.1. The number of rotatable bonds is 19. The highest BCUT2D eigenvalue weighted by Crippen LogP contribution is 2.33. The number of halogens is 2. The number of nitrogens with one attached hydrogen (secondary N) is 3. The van der Waals surface area contributed by atoms with E-state index in [1.165, 1.54) is 42.1 Å². The number of hydrogen-bond donors (Lipinski definition) is 9. The molecule has 4 saturated heterocycles. The van der Waals surface area contributed by atoms with Gasteiger partial charge < -0.3 is 56.1 Å². The second-order valence-corrected chi connectivity index (χ2v) is 21.5. The first-order chi connectivity index (χ1) is 34.1. The molecule has 0 bridgehead atoms. The zero-order chi connectivity index (χ0) is 54.6. The van der Waals surface area contributed by atoms with Crippen LogP contribution in [0, 0.1) is 22.0 Å². The number of para-hydroxylation sites is 1. The number of thioether (sulfide) groups is 2. The van der Waals surface area contributed by atoms with E-state index >= 15 is 0 Å². The van der Waals surface area contributed by atoms with Crippen molar-refractivity contribution in [2.75, 3.05) is 66.3 Å². The van der Waals surface area contributed by atoms with Gasteiger partial charge in [-0.25, -0.2) is 0 Å². The Hall–Kier alpha value is -1.66. The molecule has 4 aliphatic rings. The minimum atomic E-state index is -1.46. The number of likely N-dealkylation sites (tertiary alicyclic amines) is 2. The second-order valence-electron chi connectivity index (χ2n) is 19.0. The molecule has 0 saturated carbocycles. The number of carbonyl (C=O) groups is 2. The molecule has 0 aliphatic carbocycles. The average Bonchev–Trinajstić information content (AvgIpc) is 3.92. The minimum absolute atomic E-state index is 0.00313. The maximum atomic E-state index is 13.6. The van der Waals surface area contributed by atoms with Gasteiger partial charge in [0.15, 0.2) is 0 Å². The van der Waals surface area contributed by atoms with Crippen LogP contribution in [0.5, 0.6) is 0 Å². The summed E-state index contributed by atoms with van der Waals surface area (Å²) < 4.78 is 32.4. The summed E-state index contributed by atoms with van der Waals surface area (Å²) in [6.07, 6.45) is 2.23. The van der Waals surface area contributed by atoms with Crippen LogP contribution in [0.1, 0.15) is 71.8 Å². The summed E-state index contributed by atoms with van der Waals surface area (Å²) in [5.41, 5.74) is -0.961. The molecule has 5 rings (SSSR count). The quantitative estimate of drug-likeness (QED) is 0.0712. The average molecular weight is 1110 g/mol. The lowest BCUT2D eigenvalue weighted by Gasteiger charge is -2.46. The number of carbonyl (C=O) groups excluding carboxylic acids is 2. The van der Waals surface area contributed by atoms with Crippen molar-refractivity contribution in [1.29, 1.82) is 0 Å². The number of hydrogen-bond acceptors (Lipinski definition) is 20. The molecule has 18 atom stereocenters. The molecule has 4 heterocycles. The summed E-state index contributed by atoms with van der Waals surface area (Å²) in [7, 11) is 7.45. The standard InChI is InChI=1S/C26H42N4O7S.C19H37N3O5S.2CH3FS/c1-6-9-16-12-19(29(4)13-16)25(34)27-20(24-22(32)21(31)23(33)26(37-24)38-5)15(2)28(3)14-17-10-7-8-11-18(17)30(35)36;1-6-7-11-8-12(22(4)9-11)18(26)21-13(10(2)20-3)17-15(24)14(23)16(25)19(27-17)28-5;2*1-3-2/h7-8,10-11,15-16,19-24,26,31-33H,6,9,12-14H2,1-5H3,(H,27,34);10-17,19-20,23-25H,6-9H2,1-5H3,(H,21,26);2*1H3/t15-,16+,19-,20+,21+,22?,23+,24+,26?;10-,11+,12-,13+,14+,15?,16+,17+,19?;;/m00../s1. The summed E-state index contributed by atoms with van der Waals surface area (Å²) in [6, 6.07) is 3.94. The maximum absolute atomic E-state index is 13.6. The number of benzene rings is 1. The number of likely N-dealkylation sites (N-methyl/N-ethyl adjacent to an activating group) is 4. The monoisotopic (exact) mass is 1110 g/mol. The van der Waals surface area contributed by atoms with Crippen molar-refractivity contribution in [2.24, 2.45) is 11.8 Å². The predicted molar refractivity (Wildman–Crippen MR) is 285 cm³/mol.